The molecule has 0 atom stereocenters. The maximum atomic E-state index is 5.84. The van der Waals surface area contributed by atoms with E-state index in [0.717, 1.165) is 19.4 Å². The Morgan fingerprint density at radius 1 is 1.36 bits per heavy atom. The third-order valence-electron chi connectivity index (χ3n) is 1.64. The smallest absolute Gasteiger partial charge is 0.224 e. The van der Waals surface area contributed by atoms with Gasteiger partial charge in [-0.2, -0.15) is 4.98 Å². The summed E-state index contributed by atoms with van der Waals surface area (Å²) >= 11 is 11.5. The zero-order chi connectivity index (χ0) is 10.4. The van der Waals surface area contributed by atoms with Crippen molar-refractivity contribution in [1.29, 1.82) is 0 Å². The summed E-state index contributed by atoms with van der Waals surface area (Å²) in [6.07, 6.45) is 3.43. The van der Waals surface area contributed by atoms with Crippen molar-refractivity contribution in [1.82, 2.24) is 9.97 Å². The molecule has 1 heterocycles. The lowest BCUT2D eigenvalue weighted by molar-refractivity contribution is 0.772. The third kappa shape index (κ3) is 3.65. The highest BCUT2D eigenvalue weighted by molar-refractivity contribution is 6.33. The number of nitrogens with one attached hydrogen (secondary N) is 1. The minimum Gasteiger partial charge on any atom is -0.369 e. The van der Waals surface area contributed by atoms with Crippen LogP contribution >= 0.6 is 23.2 Å². The molecule has 6 heteroatoms. The number of halogens is 2. The molecular weight excluding hydrogens is 223 g/mol. The Balaban J connectivity index is 2.45. The lowest BCUT2D eigenvalue weighted by Gasteiger charge is -2.06. The molecule has 1 aromatic heterocycles. The van der Waals surface area contributed by atoms with Crippen LogP contribution < -0.4 is 11.1 Å². The Morgan fingerprint density at radius 2 is 2.14 bits per heavy atom. The average molecular weight is 235 g/mol. The number of nitrogens with two attached hydrogens (primary N) is 1. The van der Waals surface area contributed by atoms with Gasteiger partial charge >= 0.3 is 0 Å². The molecule has 0 bridgehead atoms. The highest BCUT2D eigenvalue weighted by Gasteiger charge is 2.02. The van der Waals surface area contributed by atoms with E-state index < -0.39 is 0 Å². The molecule has 0 unspecified atom stereocenters. The summed E-state index contributed by atoms with van der Waals surface area (Å²) in [6, 6.07) is 0. The maximum Gasteiger partial charge on any atom is 0.224 e. The number of rotatable bonds is 5. The van der Waals surface area contributed by atoms with Crippen LogP contribution in [0.15, 0.2) is 6.20 Å². The van der Waals surface area contributed by atoms with E-state index in [1.807, 2.05) is 0 Å². The first-order valence-electron chi connectivity index (χ1n) is 4.36. The highest BCUT2D eigenvalue weighted by Crippen LogP contribution is 2.19. The van der Waals surface area contributed by atoms with Gasteiger partial charge in [0, 0.05) is 6.54 Å². The van der Waals surface area contributed by atoms with Crippen molar-refractivity contribution >= 4 is 29.0 Å². The Labute approximate surface area is 92.8 Å². The monoisotopic (exact) mass is 234 g/mol. The van der Waals surface area contributed by atoms with Crippen LogP contribution in [0.1, 0.15) is 12.8 Å². The standard InChI is InChI=1S/C8H12Cl2N4/c9-6-5-13-8(10)14-7(6)12-4-2-1-3-11/h5H,1-4,11H2,(H,12,13,14). The Bertz CT molecular complexity index is 293. The van der Waals surface area contributed by atoms with Crippen LogP contribution in [0.2, 0.25) is 10.3 Å². The lowest BCUT2D eigenvalue weighted by Crippen LogP contribution is -2.07. The summed E-state index contributed by atoms with van der Waals surface area (Å²) < 4.78 is 0. The van der Waals surface area contributed by atoms with Crippen molar-refractivity contribution in [3.63, 3.8) is 0 Å². The van der Waals surface area contributed by atoms with Crippen molar-refractivity contribution < 1.29 is 0 Å². The van der Waals surface area contributed by atoms with Crippen LogP contribution in [0.4, 0.5) is 5.82 Å². The molecule has 1 rings (SSSR count). The molecule has 3 N–H and O–H groups in total. The highest BCUT2D eigenvalue weighted by atomic mass is 35.5. The fraction of sp³-hybridized carbons (Fsp3) is 0.500. The number of unbranched alkanes of at least 4 members (excludes halogenated alkanes) is 1. The van der Waals surface area contributed by atoms with E-state index in [2.05, 4.69) is 15.3 Å². The van der Waals surface area contributed by atoms with Crippen molar-refractivity contribution in [2.75, 3.05) is 18.4 Å². The first-order chi connectivity index (χ1) is 6.74. The predicted octanol–water partition coefficient (Wildman–Crippen LogP) is 1.93. The molecule has 4 nitrogen and oxygen atoms in total. The summed E-state index contributed by atoms with van der Waals surface area (Å²) in [4.78, 5) is 7.70. The van der Waals surface area contributed by atoms with Gasteiger partial charge in [-0.3, -0.25) is 0 Å². The quantitative estimate of drug-likeness (QED) is 0.604. The van der Waals surface area contributed by atoms with Gasteiger partial charge in [-0.15, -0.1) is 0 Å². The molecule has 0 aliphatic rings. The van der Waals surface area contributed by atoms with Gasteiger partial charge in [0.05, 0.1) is 6.20 Å². The zero-order valence-electron chi connectivity index (χ0n) is 7.63. The summed E-state index contributed by atoms with van der Waals surface area (Å²) in [5, 5.41) is 3.73. The van der Waals surface area contributed by atoms with Crippen LogP contribution in [-0.2, 0) is 0 Å². The van der Waals surface area contributed by atoms with Crippen LogP contribution in [0.25, 0.3) is 0 Å². The molecule has 0 aliphatic carbocycles. The number of hydrogen-bond acceptors (Lipinski definition) is 4. The third-order valence-corrected chi connectivity index (χ3v) is 2.10. The Morgan fingerprint density at radius 3 is 2.86 bits per heavy atom. The van der Waals surface area contributed by atoms with Crippen molar-refractivity contribution in [3.8, 4) is 0 Å². The average Bonchev–Trinajstić information content (AvgIpc) is 2.18. The fourth-order valence-corrected chi connectivity index (χ4v) is 1.24. The van der Waals surface area contributed by atoms with Crippen LogP contribution in [0, 0.1) is 0 Å². The van der Waals surface area contributed by atoms with Gasteiger partial charge in [0.2, 0.25) is 5.28 Å². The van der Waals surface area contributed by atoms with Crippen molar-refractivity contribution in [2.45, 2.75) is 12.8 Å². The van der Waals surface area contributed by atoms with Crippen LogP contribution in [0.3, 0.4) is 0 Å². The Kier molecular flexibility index (Phi) is 4.93. The molecule has 0 saturated heterocycles. The molecule has 78 valence electrons. The fourth-order valence-electron chi connectivity index (χ4n) is 0.946. The van der Waals surface area contributed by atoms with Gasteiger partial charge in [-0.25, -0.2) is 4.98 Å². The van der Waals surface area contributed by atoms with Gasteiger partial charge < -0.3 is 11.1 Å². The van der Waals surface area contributed by atoms with E-state index in [1.54, 1.807) is 0 Å². The van der Waals surface area contributed by atoms with E-state index in [9.17, 15) is 0 Å². The number of nitrogens with zero attached hydrogens (tertiary/aromatic N) is 2. The molecule has 0 radical (unpaired) electrons. The molecule has 0 aliphatic heterocycles. The second kappa shape index (κ2) is 6.01. The van der Waals surface area contributed by atoms with Gasteiger partial charge in [0.25, 0.3) is 0 Å². The van der Waals surface area contributed by atoms with Crippen molar-refractivity contribution in [2.24, 2.45) is 5.73 Å². The topological polar surface area (TPSA) is 63.8 Å². The molecule has 14 heavy (non-hydrogen) atoms. The molecule has 0 aromatic carbocycles. The zero-order valence-corrected chi connectivity index (χ0v) is 9.15. The largest absolute Gasteiger partial charge is 0.369 e. The summed E-state index contributed by atoms with van der Waals surface area (Å²) in [7, 11) is 0. The lowest BCUT2D eigenvalue weighted by atomic mass is 10.3. The summed E-state index contributed by atoms with van der Waals surface area (Å²) in [5.41, 5.74) is 5.36. The van der Waals surface area contributed by atoms with Crippen molar-refractivity contribution in [3.05, 3.63) is 16.5 Å². The molecule has 0 amide bonds. The summed E-state index contributed by atoms with van der Waals surface area (Å²) in [5.74, 6) is 0.573. The summed E-state index contributed by atoms with van der Waals surface area (Å²) in [6.45, 7) is 1.48. The molecule has 0 fully saturated rings. The first-order valence-corrected chi connectivity index (χ1v) is 5.11. The second-order valence-electron chi connectivity index (χ2n) is 2.76. The van der Waals surface area contributed by atoms with E-state index in [1.165, 1.54) is 6.20 Å². The molecule has 0 saturated carbocycles. The number of aromatic nitrogens is 2. The van der Waals surface area contributed by atoms with Crippen LogP contribution in [-0.4, -0.2) is 23.1 Å². The Hall–Kier alpha value is -0.580. The maximum absolute atomic E-state index is 5.84. The first kappa shape index (κ1) is 11.5. The van der Waals surface area contributed by atoms with E-state index >= 15 is 0 Å². The number of anilines is 1. The van der Waals surface area contributed by atoms with Crippen LogP contribution in [0.5, 0.6) is 0 Å². The van der Waals surface area contributed by atoms with E-state index in [-0.39, 0.29) is 5.28 Å². The normalized spacial score (nSPS) is 10.2. The van der Waals surface area contributed by atoms with E-state index in [0.29, 0.717) is 17.4 Å². The molecule has 0 spiro atoms. The van der Waals surface area contributed by atoms with Gasteiger partial charge in [-0.1, -0.05) is 11.6 Å². The molecule has 1 aromatic rings. The second-order valence-corrected chi connectivity index (χ2v) is 3.50. The number of hydrogen-bond donors (Lipinski definition) is 2. The van der Waals surface area contributed by atoms with E-state index in [4.69, 9.17) is 28.9 Å². The predicted molar refractivity (Wildman–Crippen MR) is 58.8 cm³/mol. The minimum absolute atomic E-state index is 0.190. The molecular formula is C8H12Cl2N4. The van der Waals surface area contributed by atoms with Gasteiger partial charge in [0.15, 0.2) is 0 Å². The SMILES string of the molecule is NCCCCNc1nc(Cl)ncc1Cl. The van der Waals surface area contributed by atoms with Gasteiger partial charge in [-0.05, 0) is 31.0 Å². The van der Waals surface area contributed by atoms with Gasteiger partial charge in [0.1, 0.15) is 10.8 Å². The minimum atomic E-state index is 0.190.